The van der Waals surface area contributed by atoms with Crippen LogP contribution in [0.5, 0.6) is 0 Å². The molecule has 1 rings (SSSR count). The molecule has 0 saturated heterocycles. The fourth-order valence-corrected chi connectivity index (χ4v) is 1.61. The van der Waals surface area contributed by atoms with Crippen LogP contribution in [-0.4, -0.2) is 42.2 Å². The van der Waals surface area contributed by atoms with Crippen LogP contribution in [0.25, 0.3) is 0 Å². The second-order valence-electron chi connectivity index (χ2n) is 4.56. The largest absolute Gasteiger partial charge is 0.393 e. The van der Waals surface area contributed by atoms with Gasteiger partial charge in [0.25, 0.3) is 5.91 Å². The number of aliphatic hydroxyl groups excluding tert-OH is 1. The maximum absolute atomic E-state index is 13.7. The van der Waals surface area contributed by atoms with Gasteiger partial charge in [0.2, 0.25) is 0 Å². The average molecular weight is 278 g/mol. The van der Waals surface area contributed by atoms with Gasteiger partial charge in [-0.2, -0.15) is 0 Å². The Bertz CT molecular complexity index is 532. The number of halogens is 1. The van der Waals surface area contributed by atoms with E-state index in [-0.39, 0.29) is 12.1 Å². The molecule has 3 N–H and O–H groups in total. The predicted molar refractivity (Wildman–Crippen MR) is 75.6 cm³/mol. The van der Waals surface area contributed by atoms with Crippen LogP contribution in [0, 0.1) is 17.7 Å². The van der Waals surface area contributed by atoms with Crippen molar-refractivity contribution in [3.05, 3.63) is 35.1 Å². The van der Waals surface area contributed by atoms with Crippen LogP contribution >= 0.6 is 0 Å². The van der Waals surface area contributed by atoms with Gasteiger partial charge in [0, 0.05) is 19.2 Å². The first-order valence-corrected chi connectivity index (χ1v) is 6.37. The molecule has 0 aliphatic carbocycles. The van der Waals surface area contributed by atoms with E-state index in [2.05, 4.69) is 11.8 Å². The number of hydrogen-bond acceptors (Lipinski definition) is 3. The molecular formula is C15H19FN2O2. The molecule has 1 aromatic rings. The van der Waals surface area contributed by atoms with E-state index < -0.39 is 17.8 Å². The van der Waals surface area contributed by atoms with E-state index in [1.54, 1.807) is 14.0 Å². The molecule has 0 aliphatic rings. The molecule has 0 radical (unpaired) electrons. The first-order valence-electron chi connectivity index (χ1n) is 6.37. The smallest absolute Gasteiger partial charge is 0.256 e. The summed E-state index contributed by atoms with van der Waals surface area (Å²) in [5, 5.41) is 9.21. The van der Waals surface area contributed by atoms with Gasteiger partial charge in [-0.3, -0.25) is 4.79 Å². The number of carbonyl (C=O) groups excluding carboxylic acids is 1. The number of aliphatic hydroxyl groups is 1. The maximum atomic E-state index is 13.7. The zero-order valence-electron chi connectivity index (χ0n) is 11.7. The summed E-state index contributed by atoms with van der Waals surface area (Å²) in [6.45, 7) is 2.20. The van der Waals surface area contributed by atoms with Gasteiger partial charge in [0.1, 0.15) is 5.82 Å². The van der Waals surface area contributed by atoms with E-state index in [4.69, 9.17) is 5.73 Å². The number of nitrogens with two attached hydrogens (primary N) is 1. The highest BCUT2D eigenvalue weighted by Crippen LogP contribution is 2.13. The van der Waals surface area contributed by atoms with E-state index in [9.17, 15) is 14.3 Å². The van der Waals surface area contributed by atoms with Gasteiger partial charge >= 0.3 is 0 Å². The lowest BCUT2D eigenvalue weighted by atomic mass is 10.1. The lowest BCUT2D eigenvalue weighted by Gasteiger charge is -2.18. The molecule has 20 heavy (non-hydrogen) atoms. The summed E-state index contributed by atoms with van der Waals surface area (Å²) < 4.78 is 13.7. The molecule has 108 valence electrons. The number of carbonyl (C=O) groups is 1. The zero-order chi connectivity index (χ0) is 15.1. The standard InChI is InChI=1S/C15H19FN2O2/c1-11(19)7-9-18(2)15(20)13-10-12(4-3-8-17)5-6-14(13)16/h5-6,10-11,19H,7-9,17H2,1-2H3. The van der Waals surface area contributed by atoms with Gasteiger partial charge in [-0.1, -0.05) is 11.8 Å². The molecule has 1 atom stereocenters. The second-order valence-corrected chi connectivity index (χ2v) is 4.56. The van der Waals surface area contributed by atoms with E-state index >= 15 is 0 Å². The summed E-state index contributed by atoms with van der Waals surface area (Å²) in [5.74, 6) is 4.40. The second kappa shape index (κ2) is 7.63. The van der Waals surface area contributed by atoms with Crippen LogP contribution in [0.15, 0.2) is 18.2 Å². The monoisotopic (exact) mass is 278 g/mol. The Kier molecular flexibility index (Phi) is 6.16. The van der Waals surface area contributed by atoms with Crippen molar-refractivity contribution in [1.29, 1.82) is 0 Å². The highest BCUT2D eigenvalue weighted by Gasteiger charge is 2.16. The fraction of sp³-hybridized carbons (Fsp3) is 0.400. The quantitative estimate of drug-likeness (QED) is 0.807. The summed E-state index contributed by atoms with van der Waals surface area (Å²) in [6.07, 6.45) is -0.0619. The molecule has 0 bridgehead atoms. The SMILES string of the molecule is CC(O)CCN(C)C(=O)c1cc(C#CCN)ccc1F. The lowest BCUT2D eigenvalue weighted by molar-refractivity contribution is 0.0764. The minimum atomic E-state index is -0.586. The van der Waals surface area contributed by atoms with Crippen molar-refractivity contribution in [2.24, 2.45) is 5.73 Å². The Balaban J connectivity index is 2.91. The number of amides is 1. The molecule has 0 aromatic heterocycles. The maximum Gasteiger partial charge on any atom is 0.256 e. The third-order valence-corrected chi connectivity index (χ3v) is 2.76. The molecule has 1 aromatic carbocycles. The third kappa shape index (κ3) is 4.65. The van der Waals surface area contributed by atoms with E-state index in [1.807, 2.05) is 0 Å². The topological polar surface area (TPSA) is 66.6 Å². The Labute approximate surface area is 118 Å². The minimum absolute atomic E-state index is 0.0260. The van der Waals surface area contributed by atoms with Crippen molar-refractivity contribution in [2.75, 3.05) is 20.1 Å². The molecule has 0 fully saturated rings. The van der Waals surface area contributed by atoms with Crippen molar-refractivity contribution in [3.63, 3.8) is 0 Å². The number of rotatable bonds is 4. The predicted octanol–water partition coefficient (Wildman–Crippen LogP) is 0.979. The van der Waals surface area contributed by atoms with E-state index in [0.717, 1.165) is 0 Å². The van der Waals surface area contributed by atoms with Crippen molar-refractivity contribution in [2.45, 2.75) is 19.4 Å². The molecule has 0 spiro atoms. The summed E-state index contributed by atoms with van der Waals surface area (Å²) in [7, 11) is 1.57. The van der Waals surface area contributed by atoms with Crippen LogP contribution in [-0.2, 0) is 0 Å². The Hall–Kier alpha value is -1.90. The van der Waals surface area contributed by atoms with Crippen LogP contribution in [0.3, 0.4) is 0 Å². The molecule has 0 aliphatic heterocycles. The van der Waals surface area contributed by atoms with Crippen molar-refractivity contribution < 1.29 is 14.3 Å². The Morgan fingerprint density at radius 3 is 2.85 bits per heavy atom. The molecule has 1 unspecified atom stereocenters. The van der Waals surface area contributed by atoms with Crippen LogP contribution in [0.4, 0.5) is 4.39 Å². The molecular weight excluding hydrogens is 259 g/mol. The van der Waals surface area contributed by atoms with Gasteiger partial charge in [-0.15, -0.1) is 0 Å². The summed E-state index contributed by atoms with van der Waals surface area (Å²) in [4.78, 5) is 13.5. The van der Waals surface area contributed by atoms with Gasteiger partial charge in [0.05, 0.1) is 18.2 Å². The van der Waals surface area contributed by atoms with Gasteiger partial charge < -0.3 is 15.7 Å². The minimum Gasteiger partial charge on any atom is -0.393 e. The molecule has 5 heteroatoms. The van der Waals surface area contributed by atoms with Gasteiger partial charge in [-0.25, -0.2) is 4.39 Å². The van der Waals surface area contributed by atoms with E-state index in [1.165, 1.54) is 23.1 Å². The summed E-state index contributed by atoms with van der Waals surface area (Å²) >= 11 is 0. The Morgan fingerprint density at radius 1 is 1.55 bits per heavy atom. The first-order chi connectivity index (χ1) is 9.45. The zero-order valence-corrected chi connectivity index (χ0v) is 11.7. The van der Waals surface area contributed by atoms with Gasteiger partial charge in [-0.05, 0) is 31.5 Å². The first kappa shape index (κ1) is 16.2. The van der Waals surface area contributed by atoms with Crippen molar-refractivity contribution >= 4 is 5.91 Å². The molecule has 1 amide bonds. The molecule has 0 saturated carbocycles. The van der Waals surface area contributed by atoms with Crippen molar-refractivity contribution in [3.8, 4) is 11.8 Å². The summed E-state index contributed by atoms with van der Waals surface area (Å²) in [5.41, 5.74) is 5.79. The lowest BCUT2D eigenvalue weighted by Crippen LogP contribution is -2.30. The fourth-order valence-electron chi connectivity index (χ4n) is 1.61. The van der Waals surface area contributed by atoms with E-state index in [0.29, 0.717) is 18.5 Å². The highest BCUT2D eigenvalue weighted by molar-refractivity contribution is 5.94. The number of benzene rings is 1. The summed E-state index contributed by atoms with van der Waals surface area (Å²) in [6, 6.07) is 4.14. The third-order valence-electron chi connectivity index (χ3n) is 2.76. The van der Waals surface area contributed by atoms with Crippen LogP contribution < -0.4 is 5.73 Å². The van der Waals surface area contributed by atoms with Crippen molar-refractivity contribution in [1.82, 2.24) is 4.90 Å². The van der Waals surface area contributed by atoms with Crippen LogP contribution in [0.2, 0.25) is 0 Å². The molecule has 0 heterocycles. The molecule has 4 nitrogen and oxygen atoms in total. The van der Waals surface area contributed by atoms with Gasteiger partial charge in [0.15, 0.2) is 0 Å². The van der Waals surface area contributed by atoms with Crippen LogP contribution in [0.1, 0.15) is 29.3 Å². The number of nitrogens with zero attached hydrogens (tertiary/aromatic N) is 1. The normalized spacial score (nSPS) is 11.4. The highest BCUT2D eigenvalue weighted by atomic mass is 19.1. The Morgan fingerprint density at radius 2 is 2.25 bits per heavy atom. The average Bonchev–Trinajstić information content (AvgIpc) is 2.43. The number of hydrogen-bond donors (Lipinski definition) is 2.